The molecule has 22 heavy (non-hydrogen) atoms. The molecule has 1 atom stereocenters. The molecule has 2 aliphatic rings. The molecule has 0 bridgehead atoms. The van der Waals surface area contributed by atoms with Gasteiger partial charge < -0.3 is 18.8 Å². The summed E-state index contributed by atoms with van der Waals surface area (Å²) in [6.45, 7) is 3.38. The smallest absolute Gasteiger partial charge is 0.248 e. The summed E-state index contributed by atoms with van der Waals surface area (Å²) in [6.07, 6.45) is 5.73. The Labute approximate surface area is 130 Å². The Morgan fingerprint density at radius 3 is 2.86 bits per heavy atom. The summed E-state index contributed by atoms with van der Waals surface area (Å²) in [5, 5.41) is 7.78. The van der Waals surface area contributed by atoms with Gasteiger partial charge >= 0.3 is 0 Å². The maximum Gasteiger partial charge on any atom is 0.248 e. The van der Waals surface area contributed by atoms with E-state index in [1.165, 1.54) is 19.3 Å². The average Bonchev–Trinajstić information content (AvgIpc) is 3.00. The van der Waals surface area contributed by atoms with Crippen LogP contribution < -0.4 is 0 Å². The molecule has 1 saturated heterocycles. The predicted molar refractivity (Wildman–Crippen MR) is 77.1 cm³/mol. The van der Waals surface area contributed by atoms with Crippen LogP contribution in [0.5, 0.6) is 0 Å². The average molecular weight is 309 g/mol. The van der Waals surface area contributed by atoms with Crippen molar-refractivity contribution >= 4 is 5.91 Å². The zero-order chi connectivity index (χ0) is 15.4. The zero-order valence-corrected chi connectivity index (χ0v) is 13.0. The summed E-state index contributed by atoms with van der Waals surface area (Å²) < 4.78 is 16.8. The Balaban J connectivity index is 1.49. The molecule has 2 fully saturated rings. The van der Waals surface area contributed by atoms with E-state index >= 15 is 0 Å². The number of morpholine rings is 1. The SMILES string of the molecule is Cc1nnc(C2CN(C(=O)COC3CCCCC3)CCO2)o1. The van der Waals surface area contributed by atoms with E-state index in [1.807, 2.05) is 0 Å². The van der Waals surface area contributed by atoms with Gasteiger partial charge in [0, 0.05) is 13.5 Å². The number of carbonyl (C=O) groups excluding carboxylic acids is 1. The van der Waals surface area contributed by atoms with Gasteiger partial charge in [-0.15, -0.1) is 10.2 Å². The van der Waals surface area contributed by atoms with Gasteiger partial charge in [0.05, 0.1) is 19.3 Å². The molecular weight excluding hydrogens is 286 g/mol. The van der Waals surface area contributed by atoms with Gasteiger partial charge in [0.2, 0.25) is 17.7 Å². The van der Waals surface area contributed by atoms with Gasteiger partial charge in [-0.05, 0) is 12.8 Å². The Kier molecular flexibility index (Phi) is 5.04. The molecule has 0 N–H and O–H groups in total. The molecule has 122 valence electrons. The van der Waals surface area contributed by atoms with Crippen molar-refractivity contribution in [3.8, 4) is 0 Å². The van der Waals surface area contributed by atoms with Gasteiger partial charge in [0.1, 0.15) is 6.61 Å². The Morgan fingerprint density at radius 1 is 1.32 bits per heavy atom. The van der Waals surface area contributed by atoms with E-state index in [1.54, 1.807) is 11.8 Å². The normalized spacial score (nSPS) is 23.7. The maximum absolute atomic E-state index is 12.3. The van der Waals surface area contributed by atoms with E-state index < -0.39 is 0 Å². The van der Waals surface area contributed by atoms with Crippen molar-refractivity contribution in [3.63, 3.8) is 0 Å². The first kappa shape index (κ1) is 15.4. The van der Waals surface area contributed by atoms with Crippen LogP contribution >= 0.6 is 0 Å². The molecule has 2 heterocycles. The second kappa shape index (κ2) is 7.19. The third-order valence-electron chi connectivity index (χ3n) is 4.23. The topological polar surface area (TPSA) is 77.7 Å². The molecule has 7 nitrogen and oxygen atoms in total. The predicted octanol–water partition coefficient (Wildman–Crippen LogP) is 1.63. The standard InChI is InChI=1S/C15H23N3O4/c1-11-16-17-15(22-11)13-9-18(7-8-20-13)14(19)10-21-12-5-3-2-4-6-12/h12-13H,2-10H2,1H3. The van der Waals surface area contributed by atoms with E-state index in [9.17, 15) is 4.79 Å². The fraction of sp³-hybridized carbons (Fsp3) is 0.800. The minimum absolute atomic E-state index is 0.00936. The van der Waals surface area contributed by atoms with Crippen molar-refractivity contribution in [2.75, 3.05) is 26.3 Å². The summed E-state index contributed by atoms with van der Waals surface area (Å²) in [5.41, 5.74) is 0. The zero-order valence-electron chi connectivity index (χ0n) is 13.0. The van der Waals surface area contributed by atoms with Crippen molar-refractivity contribution in [1.82, 2.24) is 15.1 Å². The molecule has 1 aromatic rings. The Bertz CT molecular complexity index is 499. The molecule has 0 radical (unpaired) electrons. The highest BCUT2D eigenvalue weighted by molar-refractivity contribution is 5.77. The highest BCUT2D eigenvalue weighted by Crippen LogP contribution is 2.22. The monoisotopic (exact) mass is 309 g/mol. The van der Waals surface area contributed by atoms with Gasteiger partial charge in [-0.1, -0.05) is 19.3 Å². The minimum atomic E-state index is -0.339. The van der Waals surface area contributed by atoms with Crippen LogP contribution in [0.15, 0.2) is 4.42 Å². The molecule has 0 aromatic carbocycles. The van der Waals surface area contributed by atoms with Crippen LogP contribution in [0.3, 0.4) is 0 Å². The van der Waals surface area contributed by atoms with E-state index in [-0.39, 0.29) is 24.7 Å². The first-order valence-electron chi connectivity index (χ1n) is 8.03. The lowest BCUT2D eigenvalue weighted by Crippen LogP contribution is -2.44. The van der Waals surface area contributed by atoms with E-state index in [0.717, 1.165) is 12.8 Å². The summed E-state index contributed by atoms with van der Waals surface area (Å²) >= 11 is 0. The molecule has 7 heteroatoms. The van der Waals surface area contributed by atoms with Crippen LogP contribution in [0.25, 0.3) is 0 Å². The van der Waals surface area contributed by atoms with Crippen LogP contribution in [0.2, 0.25) is 0 Å². The quantitative estimate of drug-likeness (QED) is 0.841. The van der Waals surface area contributed by atoms with Gasteiger partial charge in [0.25, 0.3) is 0 Å². The number of ether oxygens (including phenoxy) is 2. The minimum Gasteiger partial charge on any atom is -0.423 e. The van der Waals surface area contributed by atoms with E-state index in [0.29, 0.717) is 31.5 Å². The van der Waals surface area contributed by atoms with E-state index in [4.69, 9.17) is 13.9 Å². The van der Waals surface area contributed by atoms with Gasteiger partial charge in [-0.3, -0.25) is 4.79 Å². The molecule has 1 aliphatic carbocycles. The number of nitrogens with zero attached hydrogens (tertiary/aromatic N) is 3. The van der Waals surface area contributed by atoms with Gasteiger partial charge in [-0.25, -0.2) is 0 Å². The van der Waals surface area contributed by atoms with E-state index in [2.05, 4.69) is 10.2 Å². The molecule has 1 unspecified atom stereocenters. The van der Waals surface area contributed by atoms with Crippen LogP contribution in [0, 0.1) is 6.92 Å². The maximum atomic E-state index is 12.3. The lowest BCUT2D eigenvalue weighted by molar-refractivity contribution is -0.147. The fourth-order valence-corrected chi connectivity index (χ4v) is 2.98. The van der Waals surface area contributed by atoms with Crippen LogP contribution in [0.4, 0.5) is 0 Å². The second-order valence-corrected chi connectivity index (χ2v) is 5.93. The Morgan fingerprint density at radius 2 is 2.14 bits per heavy atom. The number of amides is 1. The number of carbonyl (C=O) groups is 1. The largest absolute Gasteiger partial charge is 0.423 e. The molecule has 0 spiro atoms. The molecule has 1 aliphatic heterocycles. The Hall–Kier alpha value is -1.47. The van der Waals surface area contributed by atoms with Crippen molar-refractivity contribution in [2.45, 2.75) is 51.2 Å². The highest BCUT2D eigenvalue weighted by Gasteiger charge is 2.29. The number of hydrogen-bond acceptors (Lipinski definition) is 6. The summed E-state index contributed by atoms with van der Waals surface area (Å²) in [5.74, 6) is 0.945. The highest BCUT2D eigenvalue weighted by atomic mass is 16.5. The molecule has 1 amide bonds. The fourth-order valence-electron chi connectivity index (χ4n) is 2.98. The number of rotatable bonds is 4. The van der Waals surface area contributed by atoms with Crippen molar-refractivity contribution in [1.29, 1.82) is 0 Å². The molecule has 3 rings (SSSR count). The molecule has 1 saturated carbocycles. The van der Waals surface area contributed by atoms with Crippen LogP contribution in [-0.4, -0.2) is 53.4 Å². The molecular formula is C15H23N3O4. The molecule has 1 aromatic heterocycles. The number of aryl methyl sites for hydroxylation is 1. The first-order valence-corrected chi connectivity index (χ1v) is 8.03. The number of hydrogen-bond donors (Lipinski definition) is 0. The van der Waals surface area contributed by atoms with Gasteiger partial charge in [0.15, 0.2) is 6.10 Å². The van der Waals surface area contributed by atoms with Crippen molar-refractivity contribution in [2.24, 2.45) is 0 Å². The van der Waals surface area contributed by atoms with Crippen LogP contribution in [-0.2, 0) is 14.3 Å². The third-order valence-corrected chi connectivity index (χ3v) is 4.23. The summed E-state index contributed by atoms with van der Waals surface area (Å²) in [4.78, 5) is 14.1. The number of aromatic nitrogens is 2. The van der Waals surface area contributed by atoms with Crippen molar-refractivity contribution in [3.05, 3.63) is 11.8 Å². The third kappa shape index (κ3) is 3.84. The van der Waals surface area contributed by atoms with Gasteiger partial charge in [-0.2, -0.15) is 0 Å². The second-order valence-electron chi connectivity index (χ2n) is 5.93. The summed E-state index contributed by atoms with van der Waals surface area (Å²) in [6, 6.07) is 0. The lowest BCUT2D eigenvalue weighted by atomic mass is 9.98. The lowest BCUT2D eigenvalue weighted by Gasteiger charge is -2.32. The van der Waals surface area contributed by atoms with Crippen molar-refractivity contribution < 1.29 is 18.7 Å². The van der Waals surface area contributed by atoms with Crippen LogP contribution in [0.1, 0.15) is 50.0 Å². The first-order chi connectivity index (χ1) is 10.7. The summed E-state index contributed by atoms with van der Waals surface area (Å²) in [7, 11) is 0.